The number of urea groups is 1. The number of nitrogens with two attached hydrogens (primary N) is 3. The van der Waals surface area contributed by atoms with E-state index >= 15 is 14.4 Å². The first-order valence-corrected chi connectivity index (χ1v) is 49.5. The highest BCUT2D eigenvalue weighted by Crippen LogP contribution is 2.46. The van der Waals surface area contributed by atoms with Gasteiger partial charge in [0.05, 0.1) is 97.9 Å². The summed E-state index contributed by atoms with van der Waals surface area (Å²) in [6, 6.07) is 20.0. The molecule has 6 aromatic carbocycles. The van der Waals surface area contributed by atoms with Crippen LogP contribution < -0.4 is 117 Å². The third-order valence-corrected chi connectivity index (χ3v) is 28.2. The van der Waals surface area contributed by atoms with Crippen LogP contribution in [0.4, 0.5) is 4.79 Å². The van der Waals surface area contributed by atoms with Gasteiger partial charge in [0.1, 0.15) is 70.2 Å². The van der Waals surface area contributed by atoms with E-state index in [0.717, 1.165) is 115 Å². The Morgan fingerprint density at radius 1 is 0.525 bits per heavy atom. The predicted octanol–water partition coefficient (Wildman–Crippen LogP) is 5.93. The second-order valence-electron chi connectivity index (χ2n) is 35.0. The normalized spacial score (nSPS) is 17.6. The molecule has 40 heteroatoms. The largest absolute Gasteiger partial charge is 0.493 e. The van der Waals surface area contributed by atoms with Gasteiger partial charge in [0, 0.05) is 63.0 Å². The Labute approximate surface area is 817 Å². The van der Waals surface area contributed by atoms with Crippen LogP contribution in [0.3, 0.4) is 0 Å². The molecule has 2 aliphatic carbocycles. The van der Waals surface area contributed by atoms with Crippen molar-refractivity contribution in [2.75, 3.05) is 160 Å². The fourth-order valence-electron chi connectivity index (χ4n) is 18.1. The number of ketones is 2. The van der Waals surface area contributed by atoms with Crippen molar-refractivity contribution in [2.45, 2.75) is 174 Å². The van der Waals surface area contributed by atoms with Crippen LogP contribution in [0, 0.1) is 10.8 Å². The number of guanidine groups is 2. The lowest BCUT2D eigenvalue weighted by Crippen LogP contribution is -2.61. The molecule has 15 heterocycles. The number of nitrogens with zero attached hydrogens (tertiary/aromatic N) is 2. The van der Waals surface area contributed by atoms with Crippen LogP contribution in [-0.2, 0) is 86.4 Å². The van der Waals surface area contributed by atoms with E-state index < -0.39 is 64.6 Å². The van der Waals surface area contributed by atoms with Crippen LogP contribution in [-0.4, -0.2) is 282 Å². The van der Waals surface area contributed by atoms with E-state index in [1.807, 2.05) is 84.6 Å². The Morgan fingerprint density at radius 2 is 0.964 bits per heavy atom. The van der Waals surface area contributed by atoms with Crippen LogP contribution in [0.2, 0.25) is 0 Å². The predicted molar refractivity (Wildman–Crippen MR) is 522 cm³/mol. The maximum Gasteiger partial charge on any atom is 0.315 e. The number of likely N-dealkylation sites (tertiary alicyclic amines) is 1. The summed E-state index contributed by atoms with van der Waals surface area (Å²) in [5, 5.41) is 34.7. The molecule has 5 unspecified atom stereocenters. The quantitative estimate of drug-likeness (QED) is 0.00399. The van der Waals surface area contributed by atoms with Crippen LogP contribution in [0.25, 0.3) is 0 Å². The number of piperidine rings is 1. The number of hydrazine groups is 1. The third kappa shape index (κ3) is 29.0. The molecule has 0 spiro atoms. The topological polar surface area (TPSA) is 511 Å². The molecule has 3 saturated heterocycles. The van der Waals surface area contributed by atoms with Gasteiger partial charge in [-0.15, -0.1) is 11.8 Å². The zero-order valence-electron chi connectivity index (χ0n) is 79.6. The number of hydrogen-bond donors (Lipinski definition) is 13. The zero-order valence-corrected chi connectivity index (χ0v) is 81.2. The highest BCUT2D eigenvalue weighted by Gasteiger charge is 2.44. The van der Waals surface area contributed by atoms with Crippen molar-refractivity contribution in [1.82, 2.24) is 52.6 Å². The Balaban J connectivity index is 0.794. The monoisotopic (exact) mass is 1960 g/mol. The molecule has 752 valence electrons. The maximum atomic E-state index is 16.2. The van der Waals surface area contributed by atoms with Gasteiger partial charge in [-0.2, -0.15) is 11.8 Å². The van der Waals surface area contributed by atoms with Gasteiger partial charge < -0.3 is 130 Å². The van der Waals surface area contributed by atoms with E-state index in [4.69, 9.17) is 94.3 Å². The molecule has 6 aromatic rings. The molecule has 16 N–H and O–H groups in total. The van der Waals surface area contributed by atoms with Crippen molar-refractivity contribution in [2.24, 2.45) is 17.2 Å². The first-order chi connectivity index (χ1) is 67.5. The molecule has 8 atom stereocenters. The van der Waals surface area contributed by atoms with Crippen LogP contribution >= 0.6 is 23.5 Å². The fraction of sp³-hybridized carbons (Fsp3) is 0.525. The molecular formula is C99H131N15O23S2. The number of carbonyl (C=O) groups excluding carboxylic acids is 9. The first-order valence-electron chi connectivity index (χ1n) is 47.6. The fourth-order valence-corrected chi connectivity index (χ4v) is 21.0. The lowest BCUT2D eigenvalue weighted by atomic mass is 9.94. The standard InChI is InChI=1S/C99H131N15O23S2/c1-124-77-41-59-35-64-46-83-78(125-2)42-60(64)37-66-48-85-79(126-3)43-61(66)36-65(59)47-82(77)131-29-30-133-84-49-67-38-62-44-80(127-4)86(134-32-31-132-83)50-68(62)40-70-52-88(87(136-34-33-135-85)51-69(70)39-63(67)45-81(84)128-5)137-57-76(118)94(109-74(15-12-21-108-98(103)104)95(121)114(72(56-116)14-9-10-19-100)112-71(55-115)13-11-20-107-97(101)102)139-90-53-73(117)54-113(96(90)122)24-18-92(120)106-23-26-130-28-27-129-25-22-105-91(119)17-8-6-7-16-89-93-75(58-138-89)110-99(123)111-93/h41-52,55-56,71-72,74-75,89-90,93-94,109,112H,6-40,53-54,57-58,100H2,1-5H3,(H,105,119)(H,106,120)(H4,101,102,107)(H4,103,104,108)(H2,110,111,123)/t71-,72+,74+,75?,89?,90?,93?,94?/m1/s1. The molecule has 6 amide bonds. The van der Waals surface area contributed by atoms with Crippen LogP contribution in [0.5, 0.6) is 69.0 Å². The number of ether oxygens (including phenoxy) is 14. The number of nitrogens with one attached hydrogen (secondary N) is 10. The van der Waals surface area contributed by atoms with Gasteiger partial charge in [-0.3, -0.25) is 49.9 Å². The molecule has 139 heavy (non-hydrogen) atoms. The highest BCUT2D eigenvalue weighted by atomic mass is 32.2. The van der Waals surface area contributed by atoms with Crippen molar-refractivity contribution >= 4 is 89.2 Å². The number of carbonyl (C=O) groups is 9. The minimum Gasteiger partial charge on any atom is -0.493 e. The van der Waals surface area contributed by atoms with Gasteiger partial charge in [-0.25, -0.2) is 10.2 Å². The van der Waals surface area contributed by atoms with E-state index in [0.29, 0.717) is 127 Å². The molecule has 0 aromatic heterocycles. The molecule has 17 aliphatic rings. The second kappa shape index (κ2) is 52.2. The van der Waals surface area contributed by atoms with Gasteiger partial charge in [0.25, 0.3) is 5.91 Å². The molecule has 3 fully saturated rings. The number of rotatable bonds is 49. The van der Waals surface area contributed by atoms with Crippen molar-refractivity contribution in [3.05, 3.63) is 140 Å². The molecule has 18 bridgehead atoms. The molecular weight excluding hydrogens is 1830 g/mol. The highest BCUT2D eigenvalue weighted by molar-refractivity contribution is 8.01. The number of hydrogen-bond acceptors (Lipinski definition) is 30. The number of unbranched alkanes of at least 4 members (excludes halogenated alkanes) is 3. The summed E-state index contributed by atoms with van der Waals surface area (Å²) in [5.74, 6) is 2.20. The molecule has 0 saturated carbocycles. The van der Waals surface area contributed by atoms with E-state index in [1.165, 1.54) is 4.90 Å². The van der Waals surface area contributed by atoms with Gasteiger partial charge in [-0.05, 0) is 242 Å². The number of benzene rings is 6. The third-order valence-electron chi connectivity index (χ3n) is 25.3. The van der Waals surface area contributed by atoms with Gasteiger partial charge in [0.2, 0.25) is 17.7 Å². The Kier molecular flexibility index (Phi) is 39.1. The SMILES string of the molecule is COc1cc2c3cc1OCCOc1cc4c(cc1OC)Cc1cc5c(OC)cc1Cc1cc(c(OCC(=O)C(N[C@@H](CCCNC(=N)N)C(=O)N(N[C@@H](C=O)CCCNC(=N)N)[C@H](C=O)CCCCN)SC6CC(=O)CN(CCC(=O)NCCOCCOCCNC(=O)CCCCCC7SCC8NC(=O)NC87)C6=O)cc1C4)OCCOc1cc(c(cc1OC)Cc1cc(c(OC)cc1C3)OCCO5)C2. The van der Waals surface area contributed by atoms with Crippen LogP contribution in [0.1, 0.15) is 157 Å². The average Bonchev–Trinajstić information content (AvgIpc) is 1.76. The average molecular weight is 1960 g/mol. The lowest BCUT2D eigenvalue weighted by Gasteiger charge is -2.36. The summed E-state index contributed by atoms with van der Waals surface area (Å²) in [5.41, 5.74) is 31.0. The summed E-state index contributed by atoms with van der Waals surface area (Å²) in [6.07, 6.45) is 8.12. The lowest BCUT2D eigenvalue weighted by molar-refractivity contribution is -0.144. The Hall–Kier alpha value is -12.2. The van der Waals surface area contributed by atoms with Crippen molar-refractivity contribution in [3.63, 3.8) is 0 Å². The molecule has 23 rings (SSSR count). The van der Waals surface area contributed by atoms with Crippen LogP contribution in [0.15, 0.2) is 72.8 Å². The summed E-state index contributed by atoms with van der Waals surface area (Å²) >= 11 is 2.64. The number of aldehydes is 2. The van der Waals surface area contributed by atoms with E-state index in [1.54, 1.807) is 35.5 Å². The first kappa shape index (κ1) is 104. The number of thioether (sulfide) groups is 2. The van der Waals surface area contributed by atoms with E-state index in [-0.39, 0.29) is 211 Å². The zero-order chi connectivity index (χ0) is 98.3. The van der Waals surface area contributed by atoms with Gasteiger partial charge in [-0.1, -0.05) is 12.8 Å². The van der Waals surface area contributed by atoms with Gasteiger partial charge in [0.15, 0.2) is 92.5 Å². The maximum absolute atomic E-state index is 16.2. The van der Waals surface area contributed by atoms with Crippen molar-refractivity contribution in [3.8, 4) is 69.0 Å². The minimum atomic E-state index is -1.61. The number of Topliss-reactive ketones (excluding diaryl/α,β-unsaturated/α-hetero) is 2. The summed E-state index contributed by atoms with van der Waals surface area (Å²) in [7, 11) is 7.96. The van der Waals surface area contributed by atoms with E-state index in [2.05, 4.69) is 42.6 Å². The Bertz CT molecular complexity index is 5320. The summed E-state index contributed by atoms with van der Waals surface area (Å²) < 4.78 is 89.4. The summed E-state index contributed by atoms with van der Waals surface area (Å²) in [6.45, 7) is 0.615. The number of methoxy groups -OCH3 is 5. The Morgan fingerprint density at radius 3 is 1.40 bits per heavy atom. The second-order valence-corrected chi connectivity index (χ2v) is 37.6. The molecule has 0 radical (unpaired) electrons. The summed E-state index contributed by atoms with van der Waals surface area (Å²) in [4.78, 5) is 127. The number of fused-ring (bicyclic) bond motifs is 1. The molecule has 15 aliphatic heterocycles. The smallest absolute Gasteiger partial charge is 0.315 e. The van der Waals surface area contributed by atoms with E-state index in [9.17, 15) is 28.8 Å². The number of amides is 6. The molecule has 38 nitrogen and oxygen atoms in total. The minimum absolute atomic E-state index is 0.0459. The van der Waals surface area contributed by atoms with Crippen molar-refractivity contribution < 1.29 is 109 Å². The van der Waals surface area contributed by atoms with Gasteiger partial charge >= 0.3 is 6.03 Å². The van der Waals surface area contributed by atoms with Crippen molar-refractivity contribution in [1.29, 1.82) is 10.8 Å².